The van der Waals surface area contributed by atoms with Crippen LogP contribution in [0, 0.1) is 12.3 Å². The Labute approximate surface area is 204 Å². The first-order valence-electron chi connectivity index (χ1n) is 11.2. The molecular weight excluding hydrogens is 450 g/mol. The van der Waals surface area contributed by atoms with Gasteiger partial charge in [-0.1, -0.05) is 53.2 Å². The van der Waals surface area contributed by atoms with Crippen molar-refractivity contribution in [3.05, 3.63) is 77.7 Å². The average Bonchev–Trinajstić information content (AvgIpc) is 3.50. The van der Waals surface area contributed by atoms with Crippen molar-refractivity contribution in [2.45, 2.75) is 32.2 Å². The van der Waals surface area contributed by atoms with Crippen molar-refractivity contribution >= 4 is 29.1 Å². The summed E-state index contributed by atoms with van der Waals surface area (Å²) in [5, 5.41) is 14.1. The van der Waals surface area contributed by atoms with E-state index in [9.17, 15) is 0 Å². The highest BCUT2D eigenvalue weighted by Crippen LogP contribution is 2.32. The van der Waals surface area contributed by atoms with E-state index in [1.807, 2.05) is 18.2 Å². The maximum atomic E-state index is 7.75. The second kappa shape index (κ2) is 10.1. The standard InChI is InChI=1S/C26H27N5O2.ClH/c1-17-4-6-18(7-5-17)12-14-32-22-11-10-19-15-21(9-8-20(19)16-22)24-29-25(33-30-24)23-3-2-13-31(23)26(27)28;/h4-11,15-16,23H,2-3,12-14H2,1H3,(H3,27,28);1H/t23-;/m0./s1. The minimum atomic E-state index is -0.121. The van der Waals surface area contributed by atoms with E-state index in [0.29, 0.717) is 18.3 Å². The smallest absolute Gasteiger partial charge is 0.249 e. The van der Waals surface area contributed by atoms with Crippen LogP contribution < -0.4 is 10.5 Å². The molecule has 1 aliphatic rings. The van der Waals surface area contributed by atoms with Crippen LogP contribution in [0.3, 0.4) is 0 Å². The zero-order valence-electron chi connectivity index (χ0n) is 19.0. The maximum Gasteiger partial charge on any atom is 0.249 e. The summed E-state index contributed by atoms with van der Waals surface area (Å²) in [6.07, 6.45) is 2.68. The molecule has 3 aromatic carbocycles. The second-order valence-electron chi connectivity index (χ2n) is 8.50. The Hall–Kier alpha value is -3.58. The molecule has 8 heteroatoms. The van der Waals surface area contributed by atoms with Crippen LogP contribution in [0.15, 0.2) is 65.2 Å². The van der Waals surface area contributed by atoms with Gasteiger partial charge in [0.2, 0.25) is 11.7 Å². The average molecular weight is 478 g/mol. The lowest BCUT2D eigenvalue weighted by Crippen LogP contribution is -2.35. The summed E-state index contributed by atoms with van der Waals surface area (Å²) in [7, 11) is 0. The van der Waals surface area contributed by atoms with Gasteiger partial charge in [0.25, 0.3) is 0 Å². The third kappa shape index (κ3) is 4.99. The Morgan fingerprint density at radius 3 is 2.68 bits per heavy atom. The molecule has 0 spiro atoms. The molecule has 1 atom stereocenters. The molecule has 2 heterocycles. The first-order valence-corrected chi connectivity index (χ1v) is 11.2. The Kier molecular flexibility index (Phi) is 7.03. The van der Waals surface area contributed by atoms with Crippen LogP contribution >= 0.6 is 12.4 Å². The summed E-state index contributed by atoms with van der Waals surface area (Å²) in [6, 6.07) is 20.6. The minimum Gasteiger partial charge on any atom is -0.493 e. The topological polar surface area (TPSA) is 101 Å². The van der Waals surface area contributed by atoms with Crippen molar-refractivity contribution in [1.82, 2.24) is 15.0 Å². The lowest BCUT2D eigenvalue weighted by atomic mass is 10.1. The van der Waals surface area contributed by atoms with Crippen molar-refractivity contribution in [3.8, 4) is 17.1 Å². The molecule has 4 aromatic rings. The summed E-state index contributed by atoms with van der Waals surface area (Å²) in [4.78, 5) is 6.40. The Bertz CT molecular complexity index is 1290. The third-order valence-corrected chi connectivity index (χ3v) is 6.14. The molecule has 0 unspecified atom stereocenters. The minimum absolute atomic E-state index is 0. The third-order valence-electron chi connectivity index (χ3n) is 6.14. The number of aromatic nitrogens is 2. The fourth-order valence-electron chi connectivity index (χ4n) is 4.29. The number of hydrogen-bond acceptors (Lipinski definition) is 5. The Morgan fingerprint density at radius 2 is 1.88 bits per heavy atom. The van der Waals surface area contributed by atoms with Gasteiger partial charge < -0.3 is 19.9 Å². The quantitative estimate of drug-likeness (QED) is 0.289. The van der Waals surface area contributed by atoms with Gasteiger partial charge in [-0.05, 0) is 54.3 Å². The predicted molar refractivity (Wildman–Crippen MR) is 135 cm³/mol. The largest absolute Gasteiger partial charge is 0.493 e. The van der Waals surface area contributed by atoms with Crippen molar-refractivity contribution in [1.29, 1.82) is 5.41 Å². The van der Waals surface area contributed by atoms with E-state index in [1.54, 1.807) is 4.90 Å². The molecule has 3 N–H and O–H groups in total. The Balaban J connectivity index is 0.00000274. The number of halogens is 1. The number of rotatable bonds is 6. The number of fused-ring (bicyclic) bond motifs is 1. The van der Waals surface area contributed by atoms with E-state index < -0.39 is 0 Å². The highest BCUT2D eigenvalue weighted by molar-refractivity contribution is 5.87. The zero-order chi connectivity index (χ0) is 22.8. The summed E-state index contributed by atoms with van der Waals surface area (Å²) >= 11 is 0. The molecule has 1 aliphatic heterocycles. The van der Waals surface area contributed by atoms with Crippen LogP contribution in [0.5, 0.6) is 5.75 Å². The van der Waals surface area contributed by atoms with E-state index in [4.69, 9.17) is 20.4 Å². The molecule has 1 saturated heterocycles. The van der Waals surface area contributed by atoms with Gasteiger partial charge in [0.1, 0.15) is 11.8 Å². The fraction of sp³-hybridized carbons (Fsp3) is 0.269. The van der Waals surface area contributed by atoms with E-state index >= 15 is 0 Å². The van der Waals surface area contributed by atoms with Gasteiger partial charge in [-0.3, -0.25) is 5.41 Å². The van der Waals surface area contributed by atoms with Gasteiger partial charge >= 0.3 is 0 Å². The fourth-order valence-corrected chi connectivity index (χ4v) is 4.29. The monoisotopic (exact) mass is 477 g/mol. The summed E-state index contributed by atoms with van der Waals surface area (Å²) in [6.45, 7) is 3.47. The number of guanidine groups is 1. The molecule has 1 aromatic heterocycles. The van der Waals surface area contributed by atoms with Gasteiger partial charge in [-0.25, -0.2) is 0 Å². The molecule has 0 aliphatic carbocycles. The molecule has 176 valence electrons. The van der Waals surface area contributed by atoms with Gasteiger partial charge in [-0.2, -0.15) is 4.98 Å². The number of likely N-dealkylation sites (tertiary alicyclic amines) is 1. The van der Waals surface area contributed by atoms with E-state index in [1.165, 1.54) is 11.1 Å². The van der Waals surface area contributed by atoms with Gasteiger partial charge in [0.05, 0.1) is 6.61 Å². The zero-order valence-corrected chi connectivity index (χ0v) is 19.8. The molecule has 34 heavy (non-hydrogen) atoms. The van der Waals surface area contributed by atoms with Crippen molar-refractivity contribution in [3.63, 3.8) is 0 Å². The lowest BCUT2D eigenvalue weighted by molar-refractivity contribution is 0.283. The van der Waals surface area contributed by atoms with Gasteiger partial charge in [0.15, 0.2) is 5.96 Å². The van der Waals surface area contributed by atoms with Crippen LogP contribution in [-0.2, 0) is 6.42 Å². The first kappa shape index (κ1) is 23.6. The molecular formula is C26H28ClN5O2. The van der Waals surface area contributed by atoms with Gasteiger partial charge in [0, 0.05) is 18.5 Å². The van der Waals surface area contributed by atoms with Gasteiger partial charge in [-0.15, -0.1) is 12.4 Å². The van der Waals surface area contributed by atoms with E-state index in [0.717, 1.165) is 47.9 Å². The number of benzene rings is 3. The molecule has 0 saturated carbocycles. The van der Waals surface area contributed by atoms with Crippen LogP contribution in [-0.4, -0.2) is 34.2 Å². The van der Waals surface area contributed by atoms with Crippen molar-refractivity contribution in [2.24, 2.45) is 5.73 Å². The maximum absolute atomic E-state index is 7.75. The van der Waals surface area contributed by atoms with Crippen molar-refractivity contribution < 1.29 is 9.26 Å². The summed E-state index contributed by atoms with van der Waals surface area (Å²) < 4.78 is 11.5. The molecule has 0 bridgehead atoms. The second-order valence-corrected chi connectivity index (χ2v) is 8.50. The lowest BCUT2D eigenvalue weighted by Gasteiger charge is -2.21. The number of nitrogens with zero attached hydrogens (tertiary/aromatic N) is 3. The van der Waals surface area contributed by atoms with E-state index in [2.05, 4.69) is 59.5 Å². The van der Waals surface area contributed by atoms with Crippen LogP contribution in [0.2, 0.25) is 0 Å². The SMILES string of the molecule is Cc1ccc(CCOc2ccc3cc(-c4noc([C@@H]5CCCN5C(=N)N)n4)ccc3c2)cc1.Cl. The molecule has 0 radical (unpaired) electrons. The number of nitrogens with two attached hydrogens (primary N) is 1. The number of hydrogen-bond donors (Lipinski definition) is 2. The Morgan fingerprint density at radius 1 is 1.12 bits per heavy atom. The molecule has 1 fully saturated rings. The summed E-state index contributed by atoms with van der Waals surface area (Å²) in [5.41, 5.74) is 9.12. The summed E-state index contributed by atoms with van der Waals surface area (Å²) in [5.74, 6) is 1.95. The molecule has 0 amide bonds. The number of nitrogens with one attached hydrogen (secondary N) is 1. The van der Waals surface area contributed by atoms with Crippen molar-refractivity contribution in [2.75, 3.05) is 13.2 Å². The van der Waals surface area contributed by atoms with Crippen LogP contribution in [0.4, 0.5) is 0 Å². The van der Waals surface area contributed by atoms with Crippen LogP contribution in [0.25, 0.3) is 22.2 Å². The molecule has 5 rings (SSSR count). The highest BCUT2D eigenvalue weighted by Gasteiger charge is 2.31. The predicted octanol–water partition coefficient (Wildman–Crippen LogP) is 5.27. The first-order chi connectivity index (χ1) is 16.1. The molecule has 7 nitrogen and oxygen atoms in total. The highest BCUT2D eigenvalue weighted by atomic mass is 35.5. The van der Waals surface area contributed by atoms with E-state index in [-0.39, 0.29) is 24.4 Å². The number of ether oxygens (including phenoxy) is 1. The van der Waals surface area contributed by atoms with Crippen LogP contribution in [0.1, 0.15) is 35.9 Å². The number of aryl methyl sites for hydroxylation is 1. The normalized spacial score (nSPS) is 15.3.